The molecule has 130 valence electrons. The molecule has 6 heteroatoms. The number of amides is 2. The Hall–Kier alpha value is -2.53. The van der Waals surface area contributed by atoms with Crippen LogP contribution in [0.25, 0.3) is 0 Å². The fourth-order valence-corrected chi connectivity index (χ4v) is 2.51. The third kappa shape index (κ3) is 4.73. The van der Waals surface area contributed by atoms with Gasteiger partial charge in [-0.2, -0.15) is 0 Å². The molecule has 0 aliphatic heterocycles. The molecule has 0 unspecified atom stereocenters. The molecule has 0 atom stereocenters. The zero-order chi connectivity index (χ0) is 17.8. The molecule has 1 aliphatic rings. The highest BCUT2D eigenvalue weighted by molar-refractivity contribution is 6.31. The topological polar surface area (TPSA) is 67.4 Å². The Balaban J connectivity index is 1.54. The van der Waals surface area contributed by atoms with E-state index < -0.39 is 0 Å². The monoisotopic (exact) mass is 358 g/mol. The largest absolute Gasteiger partial charge is 0.484 e. The van der Waals surface area contributed by atoms with Crippen molar-refractivity contribution in [1.29, 1.82) is 0 Å². The van der Waals surface area contributed by atoms with Gasteiger partial charge in [0.25, 0.3) is 5.91 Å². The van der Waals surface area contributed by atoms with Crippen LogP contribution >= 0.6 is 11.6 Å². The SMILES string of the molecule is Cc1c(Cl)cccc1NC(=O)COc1cccc(NC(=O)C2CC2)c1. The molecule has 2 aromatic rings. The summed E-state index contributed by atoms with van der Waals surface area (Å²) in [7, 11) is 0. The number of rotatable bonds is 6. The van der Waals surface area contributed by atoms with Crippen molar-refractivity contribution in [3.05, 3.63) is 53.1 Å². The van der Waals surface area contributed by atoms with E-state index in [4.69, 9.17) is 16.3 Å². The zero-order valence-electron chi connectivity index (χ0n) is 13.8. The number of ether oxygens (including phenoxy) is 1. The van der Waals surface area contributed by atoms with Crippen molar-refractivity contribution in [3.8, 4) is 5.75 Å². The molecule has 2 amide bonds. The van der Waals surface area contributed by atoms with E-state index in [0.29, 0.717) is 22.1 Å². The predicted molar refractivity (Wildman–Crippen MR) is 98.1 cm³/mol. The first-order valence-corrected chi connectivity index (χ1v) is 8.49. The summed E-state index contributed by atoms with van der Waals surface area (Å²) < 4.78 is 5.51. The van der Waals surface area contributed by atoms with Crippen molar-refractivity contribution < 1.29 is 14.3 Å². The van der Waals surface area contributed by atoms with Crippen LogP contribution in [0.15, 0.2) is 42.5 Å². The number of anilines is 2. The number of carbonyl (C=O) groups is 2. The Morgan fingerprint density at radius 2 is 1.92 bits per heavy atom. The van der Waals surface area contributed by atoms with Gasteiger partial charge in [-0.1, -0.05) is 23.7 Å². The molecule has 0 saturated heterocycles. The molecule has 0 radical (unpaired) electrons. The minimum absolute atomic E-state index is 0.0336. The Kier molecular flexibility index (Phi) is 5.24. The van der Waals surface area contributed by atoms with E-state index in [1.54, 1.807) is 42.5 Å². The molecule has 0 bridgehead atoms. The van der Waals surface area contributed by atoms with Crippen LogP contribution in [0.4, 0.5) is 11.4 Å². The van der Waals surface area contributed by atoms with E-state index in [1.165, 1.54) is 0 Å². The highest BCUT2D eigenvalue weighted by atomic mass is 35.5. The first-order chi connectivity index (χ1) is 12.0. The number of carbonyl (C=O) groups excluding carboxylic acids is 2. The van der Waals surface area contributed by atoms with E-state index in [1.807, 2.05) is 6.92 Å². The fourth-order valence-electron chi connectivity index (χ4n) is 2.33. The van der Waals surface area contributed by atoms with Gasteiger partial charge in [-0.15, -0.1) is 0 Å². The van der Waals surface area contributed by atoms with Crippen molar-refractivity contribution in [2.75, 3.05) is 17.2 Å². The number of hydrogen-bond donors (Lipinski definition) is 2. The van der Waals surface area contributed by atoms with Crippen molar-refractivity contribution >= 4 is 34.8 Å². The molecule has 1 aliphatic carbocycles. The Morgan fingerprint density at radius 1 is 1.16 bits per heavy atom. The molecule has 2 aromatic carbocycles. The minimum Gasteiger partial charge on any atom is -0.484 e. The molecule has 2 N–H and O–H groups in total. The molecule has 0 heterocycles. The van der Waals surface area contributed by atoms with E-state index >= 15 is 0 Å². The molecule has 0 spiro atoms. The van der Waals surface area contributed by atoms with Gasteiger partial charge in [-0.25, -0.2) is 0 Å². The zero-order valence-corrected chi connectivity index (χ0v) is 14.6. The van der Waals surface area contributed by atoms with Crippen molar-refractivity contribution in [3.63, 3.8) is 0 Å². The quantitative estimate of drug-likeness (QED) is 0.819. The summed E-state index contributed by atoms with van der Waals surface area (Å²) in [4.78, 5) is 23.8. The number of benzene rings is 2. The van der Waals surface area contributed by atoms with Crippen LogP contribution in [-0.2, 0) is 9.59 Å². The van der Waals surface area contributed by atoms with Crippen molar-refractivity contribution in [2.45, 2.75) is 19.8 Å². The van der Waals surface area contributed by atoms with Crippen molar-refractivity contribution in [2.24, 2.45) is 5.92 Å². The molecule has 5 nitrogen and oxygen atoms in total. The summed E-state index contributed by atoms with van der Waals surface area (Å²) in [5.41, 5.74) is 2.13. The average molecular weight is 359 g/mol. The minimum atomic E-state index is -0.280. The lowest BCUT2D eigenvalue weighted by molar-refractivity contribution is -0.118. The van der Waals surface area contributed by atoms with Gasteiger partial charge in [0, 0.05) is 28.4 Å². The third-order valence-corrected chi connectivity index (χ3v) is 4.37. The van der Waals surface area contributed by atoms with Crippen LogP contribution < -0.4 is 15.4 Å². The lowest BCUT2D eigenvalue weighted by Crippen LogP contribution is -2.20. The molecular weight excluding hydrogens is 340 g/mol. The maximum absolute atomic E-state index is 12.1. The van der Waals surface area contributed by atoms with Gasteiger partial charge < -0.3 is 15.4 Å². The predicted octanol–water partition coefficient (Wildman–Crippen LogP) is 4.01. The summed E-state index contributed by atoms with van der Waals surface area (Å²) in [6.45, 7) is 1.71. The maximum atomic E-state index is 12.1. The van der Waals surface area contributed by atoms with Gasteiger partial charge >= 0.3 is 0 Å². The second-order valence-corrected chi connectivity index (χ2v) is 6.45. The molecule has 1 saturated carbocycles. The normalized spacial score (nSPS) is 13.2. The van der Waals surface area contributed by atoms with Crippen LogP contribution in [0.2, 0.25) is 5.02 Å². The van der Waals surface area contributed by atoms with E-state index in [9.17, 15) is 9.59 Å². The second kappa shape index (κ2) is 7.57. The first-order valence-electron chi connectivity index (χ1n) is 8.11. The number of nitrogens with one attached hydrogen (secondary N) is 2. The Morgan fingerprint density at radius 3 is 2.68 bits per heavy atom. The van der Waals surface area contributed by atoms with Crippen LogP contribution in [0.1, 0.15) is 18.4 Å². The molecule has 0 aromatic heterocycles. The lowest BCUT2D eigenvalue weighted by atomic mass is 10.2. The summed E-state index contributed by atoms with van der Waals surface area (Å²) >= 11 is 6.04. The fraction of sp³-hybridized carbons (Fsp3) is 0.263. The van der Waals surface area contributed by atoms with E-state index in [0.717, 1.165) is 18.4 Å². The first kappa shape index (κ1) is 17.3. The van der Waals surface area contributed by atoms with Gasteiger partial charge in [-0.3, -0.25) is 9.59 Å². The summed E-state index contributed by atoms with van der Waals surface area (Å²) in [5, 5.41) is 6.22. The smallest absolute Gasteiger partial charge is 0.262 e. The second-order valence-electron chi connectivity index (χ2n) is 6.04. The average Bonchev–Trinajstić information content (AvgIpc) is 3.43. The Bertz CT molecular complexity index is 803. The number of halogens is 1. The molecule has 3 rings (SSSR count). The van der Waals surface area contributed by atoms with Crippen molar-refractivity contribution in [1.82, 2.24) is 0 Å². The standard InChI is InChI=1S/C19H19ClN2O3/c1-12-16(20)6-3-7-17(12)22-18(23)11-25-15-5-2-4-14(10-15)21-19(24)13-8-9-13/h2-7,10,13H,8-9,11H2,1H3,(H,21,24)(H,22,23). The number of hydrogen-bond acceptors (Lipinski definition) is 3. The Labute approximate surface area is 151 Å². The molecule has 25 heavy (non-hydrogen) atoms. The van der Waals surface area contributed by atoms with Gasteiger partial charge in [-0.05, 0) is 49.6 Å². The van der Waals surface area contributed by atoms with Gasteiger partial charge in [0.2, 0.25) is 5.91 Å². The van der Waals surface area contributed by atoms with Crippen LogP contribution in [0.5, 0.6) is 5.75 Å². The van der Waals surface area contributed by atoms with Gasteiger partial charge in [0.1, 0.15) is 5.75 Å². The molecular formula is C19H19ClN2O3. The summed E-state index contributed by atoms with van der Waals surface area (Å²) in [6, 6.07) is 12.3. The summed E-state index contributed by atoms with van der Waals surface area (Å²) in [6.07, 6.45) is 1.90. The van der Waals surface area contributed by atoms with Gasteiger partial charge in [0.05, 0.1) is 0 Å². The highest BCUT2D eigenvalue weighted by Gasteiger charge is 2.29. The van der Waals surface area contributed by atoms with Crippen LogP contribution in [0, 0.1) is 12.8 Å². The molecule has 1 fully saturated rings. The third-order valence-electron chi connectivity index (χ3n) is 3.96. The maximum Gasteiger partial charge on any atom is 0.262 e. The van der Waals surface area contributed by atoms with Crippen LogP contribution in [0.3, 0.4) is 0 Å². The summed E-state index contributed by atoms with van der Waals surface area (Å²) in [5.74, 6) is 0.409. The van der Waals surface area contributed by atoms with Gasteiger partial charge in [0.15, 0.2) is 6.61 Å². The highest BCUT2D eigenvalue weighted by Crippen LogP contribution is 2.30. The lowest BCUT2D eigenvalue weighted by Gasteiger charge is -2.11. The van der Waals surface area contributed by atoms with E-state index in [2.05, 4.69) is 10.6 Å². The van der Waals surface area contributed by atoms with Crippen LogP contribution in [-0.4, -0.2) is 18.4 Å². The van der Waals surface area contributed by atoms with E-state index in [-0.39, 0.29) is 24.3 Å².